The molecular weight excluding hydrogens is 264 g/mol. The van der Waals surface area contributed by atoms with Crippen LogP contribution in [0, 0.1) is 0 Å². The number of nitrogens with zero attached hydrogens (tertiary/aromatic N) is 3. The molecule has 0 aliphatic rings. The summed E-state index contributed by atoms with van der Waals surface area (Å²) in [5, 5.41) is 7.49. The summed E-state index contributed by atoms with van der Waals surface area (Å²) >= 11 is 0. The highest BCUT2D eigenvalue weighted by Gasteiger charge is 2.08. The normalized spacial score (nSPS) is 10.3. The van der Waals surface area contributed by atoms with Gasteiger partial charge in [0, 0.05) is 5.56 Å². The van der Waals surface area contributed by atoms with Crippen molar-refractivity contribution in [2.24, 2.45) is 0 Å². The van der Waals surface area contributed by atoms with Gasteiger partial charge in [0.25, 0.3) is 0 Å². The summed E-state index contributed by atoms with van der Waals surface area (Å²) in [6, 6.07) is 17.6. The van der Waals surface area contributed by atoms with E-state index in [1.807, 2.05) is 54.6 Å². The van der Waals surface area contributed by atoms with Crippen molar-refractivity contribution in [1.82, 2.24) is 15.2 Å². The highest BCUT2D eigenvalue weighted by atomic mass is 16.5. The number of para-hydroxylation sites is 1. The van der Waals surface area contributed by atoms with Gasteiger partial charge in [-0.25, -0.2) is 4.98 Å². The number of anilines is 1. The standard InChI is InChI=1S/C16H14N4O/c17-16-19-14(10-18-20-16)13-8-4-5-9-15(13)21-11-12-6-2-1-3-7-12/h1-10H,11H2,(H2,17,19,20). The molecule has 0 spiro atoms. The van der Waals surface area contributed by atoms with Crippen LogP contribution in [0.25, 0.3) is 11.3 Å². The van der Waals surface area contributed by atoms with Gasteiger partial charge in [-0.2, -0.15) is 5.10 Å². The van der Waals surface area contributed by atoms with Crippen LogP contribution < -0.4 is 10.5 Å². The summed E-state index contributed by atoms with van der Waals surface area (Å²) in [5.41, 5.74) is 8.18. The molecule has 3 rings (SSSR count). The highest BCUT2D eigenvalue weighted by Crippen LogP contribution is 2.28. The van der Waals surface area contributed by atoms with E-state index in [2.05, 4.69) is 15.2 Å². The van der Waals surface area contributed by atoms with E-state index in [1.54, 1.807) is 6.20 Å². The van der Waals surface area contributed by atoms with Crippen LogP contribution in [0.4, 0.5) is 5.95 Å². The Morgan fingerprint density at radius 2 is 1.71 bits per heavy atom. The van der Waals surface area contributed by atoms with Crippen LogP contribution in [-0.4, -0.2) is 15.2 Å². The van der Waals surface area contributed by atoms with Crippen LogP contribution in [0.3, 0.4) is 0 Å². The zero-order valence-corrected chi connectivity index (χ0v) is 11.3. The van der Waals surface area contributed by atoms with Gasteiger partial charge in [0.15, 0.2) is 0 Å². The molecule has 5 heteroatoms. The van der Waals surface area contributed by atoms with E-state index < -0.39 is 0 Å². The number of rotatable bonds is 4. The van der Waals surface area contributed by atoms with Crippen LogP contribution in [0.1, 0.15) is 5.56 Å². The molecule has 0 aliphatic heterocycles. The molecule has 0 bridgehead atoms. The molecule has 0 amide bonds. The molecule has 0 saturated heterocycles. The molecule has 0 atom stereocenters. The van der Waals surface area contributed by atoms with Crippen molar-refractivity contribution in [3.63, 3.8) is 0 Å². The minimum Gasteiger partial charge on any atom is -0.488 e. The van der Waals surface area contributed by atoms with Crippen LogP contribution in [0.5, 0.6) is 5.75 Å². The van der Waals surface area contributed by atoms with Gasteiger partial charge in [0.1, 0.15) is 12.4 Å². The summed E-state index contributed by atoms with van der Waals surface area (Å²) in [4.78, 5) is 4.18. The van der Waals surface area contributed by atoms with Crippen molar-refractivity contribution in [1.29, 1.82) is 0 Å². The zero-order valence-electron chi connectivity index (χ0n) is 11.3. The molecule has 0 saturated carbocycles. The van der Waals surface area contributed by atoms with Gasteiger partial charge in [0.2, 0.25) is 5.95 Å². The number of hydrogen-bond acceptors (Lipinski definition) is 5. The third-order valence-corrected chi connectivity index (χ3v) is 2.98. The smallest absolute Gasteiger partial charge is 0.240 e. The maximum atomic E-state index is 5.89. The summed E-state index contributed by atoms with van der Waals surface area (Å²) in [6.45, 7) is 0.492. The van der Waals surface area contributed by atoms with Crippen molar-refractivity contribution in [2.45, 2.75) is 6.61 Å². The number of benzene rings is 2. The predicted octanol–water partition coefficient (Wildman–Crippen LogP) is 2.70. The van der Waals surface area contributed by atoms with Gasteiger partial charge < -0.3 is 10.5 Å². The summed E-state index contributed by atoms with van der Waals surface area (Å²) in [5.74, 6) is 0.881. The van der Waals surface area contributed by atoms with Gasteiger partial charge in [-0.3, -0.25) is 0 Å². The lowest BCUT2D eigenvalue weighted by molar-refractivity contribution is 0.307. The second-order valence-corrected chi connectivity index (χ2v) is 4.47. The maximum Gasteiger partial charge on any atom is 0.240 e. The van der Waals surface area contributed by atoms with Gasteiger partial charge >= 0.3 is 0 Å². The SMILES string of the molecule is Nc1nncc(-c2ccccc2OCc2ccccc2)n1. The average molecular weight is 278 g/mol. The first-order chi connectivity index (χ1) is 10.3. The van der Waals surface area contributed by atoms with Crippen molar-refractivity contribution < 1.29 is 4.74 Å². The Labute approximate surface area is 122 Å². The fraction of sp³-hybridized carbons (Fsp3) is 0.0625. The van der Waals surface area contributed by atoms with Crippen molar-refractivity contribution in [3.05, 3.63) is 66.4 Å². The Morgan fingerprint density at radius 3 is 2.52 bits per heavy atom. The molecule has 5 nitrogen and oxygen atoms in total. The second-order valence-electron chi connectivity index (χ2n) is 4.47. The number of ether oxygens (including phenoxy) is 1. The summed E-state index contributed by atoms with van der Waals surface area (Å²) in [7, 11) is 0. The van der Waals surface area contributed by atoms with Crippen LogP contribution >= 0.6 is 0 Å². The van der Waals surface area contributed by atoms with E-state index in [1.165, 1.54) is 0 Å². The Hall–Kier alpha value is -2.95. The van der Waals surface area contributed by atoms with Crippen LogP contribution in [-0.2, 0) is 6.61 Å². The fourth-order valence-corrected chi connectivity index (χ4v) is 1.99. The highest BCUT2D eigenvalue weighted by molar-refractivity contribution is 5.66. The van der Waals surface area contributed by atoms with E-state index >= 15 is 0 Å². The summed E-state index contributed by atoms with van der Waals surface area (Å²) in [6.07, 6.45) is 1.57. The number of nitrogens with two attached hydrogens (primary N) is 1. The van der Waals surface area contributed by atoms with Crippen LogP contribution in [0.15, 0.2) is 60.8 Å². The van der Waals surface area contributed by atoms with Crippen LogP contribution in [0.2, 0.25) is 0 Å². The lowest BCUT2D eigenvalue weighted by Gasteiger charge is -2.11. The van der Waals surface area contributed by atoms with E-state index in [0.29, 0.717) is 12.3 Å². The first kappa shape index (κ1) is 13.1. The fourth-order valence-electron chi connectivity index (χ4n) is 1.99. The third kappa shape index (κ3) is 3.14. The van der Waals surface area contributed by atoms with Crippen molar-refractivity contribution in [3.8, 4) is 17.0 Å². The largest absolute Gasteiger partial charge is 0.488 e. The van der Waals surface area contributed by atoms with Gasteiger partial charge in [-0.1, -0.05) is 42.5 Å². The molecule has 3 aromatic rings. The second kappa shape index (κ2) is 6.00. The minimum atomic E-state index is 0.144. The molecule has 2 aromatic carbocycles. The molecule has 1 heterocycles. The molecule has 0 fully saturated rings. The molecule has 0 unspecified atom stereocenters. The quantitative estimate of drug-likeness (QED) is 0.794. The lowest BCUT2D eigenvalue weighted by Crippen LogP contribution is -2.00. The van der Waals surface area contributed by atoms with Gasteiger partial charge in [0.05, 0.1) is 11.9 Å². The first-order valence-corrected chi connectivity index (χ1v) is 6.54. The third-order valence-electron chi connectivity index (χ3n) is 2.98. The topological polar surface area (TPSA) is 73.9 Å². The van der Waals surface area contributed by atoms with Crippen molar-refractivity contribution in [2.75, 3.05) is 5.73 Å². The molecule has 0 aliphatic carbocycles. The molecular formula is C16H14N4O. The number of nitrogen functional groups attached to an aromatic ring is 1. The van der Waals surface area contributed by atoms with E-state index in [4.69, 9.17) is 10.5 Å². The number of hydrogen-bond donors (Lipinski definition) is 1. The monoisotopic (exact) mass is 278 g/mol. The predicted molar refractivity (Wildman–Crippen MR) is 80.4 cm³/mol. The van der Waals surface area contributed by atoms with E-state index in [0.717, 1.165) is 16.9 Å². The van der Waals surface area contributed by atoms with Gasteiger partial charge in [-0.15, -0.1) is 5.10 Å². The lowest BCUT2D eigenvalue weighted by atomic mass is 10.1. The first-order valence-electron chi connectivity index (χ1n) is 6.54. The molecule has 1 aromatic heterocycles. The Bertz CT molecular complexity index is 731. The Morgan fingerprint density at radius 1 is 0.952 bits per heavy atom. The number of aromatic nitrogens is 3. The minimum absolute atomic E-state index is 0.144. The van der Waals surface area contributed by atoms with E-state index in [-0.39, 0.29) is 5.95 Å². The van der Waals surface area contributed by atoms with E-state index in [9.17, 15) is 0 Å². The Balaban J connectivity index is 1.86. The molecule has 104 valence electrons. The zero-order chi connectivity index (χ0) is 14.5. The maximum absolute atomic E-state index is 5.89. The van der Waals surface area contributed by atoms with Crippen molar-refractivity contribution >= 4 is 5.95 Å². The molecule has 21 heavy (non-hydrogen) atoms. The molecule has 2 N–H and O–H groups in total. The summed E-state index contributed by atoms with van der Waals surface area (Å²) < 4.78 is 5.89. The molecule has 0 radical (unpaired) electrons. The average Bonchev–Trinajstić information content (AvgIpc) is 2.54. The Kier molecular flexibility index (Phi) is 3.73. The van der Waals surface area contributed by atoms with Gasteiger partial charge in [-0.05, 0) is 17.7 Å².